The Morgan fingerprint density at radius 1 is 1.09 bits per heavy atom. The largest absolute Gasteiger partial charge is 0.481 e. The fourth-order valence-corrected chi connectivity index (χ4v) is 3.11. The van der Waals surface area contributed by atoms with Gasteiger partial charge in [0.15, 0.2) is 6.61 Å². The third-order valence-corrected chi connectivity index (χ3v) is 4.56. The Labute approximate surface area is 157 Å². The van der Waals surface area contributed by atoms with Crippen LogP contribution in [-0.4, -0.2) is 12.6 Å². The molecule has 2 aromatic carbocycles. The normalized spacial score (nSPS) is 10.7. The lowest BCUT2D eigenvalue weighted by atomic mass is 10.0. The first-order valence-electron chi connectivity index (χ1n) is 6.95. The van der Waals surface area contributed by atoms with Crippen LogP contribution >= 0.6 is 43.5 Å². The van der Waals surface area contributed by atoms with Crippen molar-refractivity contribution in [2.45, 2.75) is 19.8 Å². The number of esters is 1. The molecule has 0 bridgehead atoms. The van der Waals surface area contributed by atoms with Crippen LogP contribution in [0.3, 0.4) is 0 Å². The van der Waals surface area contributed by atoms with E-state index in [9.17, 15) is 4.79 Å². The molecule has 23 heavy (non-hydrogen) atoms. The van der Waals surface area contributed by atoms with Crippen LogP contribution in [0.1, 0.15) is 25.3 Å². The lowest BCUT2D eigenvalue weighted by Crippen LogP contribution is -2.18. The standard InChI is InChI=1S/C17H15Br2ClO3/c1-10(2)11-3-5-16(13(18)7-11)23-17(21)9-22-15-6-4-12(20)8-14(15)19/h3-8,10H,9H2,1-2H3. The van der Waals surface area contributed by atoms with Crippen LogP contribution in [-0.2, 0) is 4.79 Å². The Morgan fingerprint density at radius 3 is 2.35 bits per heavy atom. The Kier molecular flexibility index (Phi) is 6.50. The number of hydrogen-bond donors (Lipinski definition) is 0. The molecule has 0 aromatic heterocycles. The van der Waals surface area contributed by atoms with Gasteiger partial charge in [-0.05, 0) is 73.7 Å². The summed E-state index contributed by atoms with van der Waals surface area (Å²) in [5.74, 6) is 0.922. The lowest BCUT2D eigenvalue weighted by Gasteiger charge is -2.11. The first-order chi connectivity index (χ1) is 10.9. The summed E-state index contributed by atoms with van der Waals surface area (Å²) in [6.45, 7) is 4.01. The smallest absolute Gasteiger partial charge is 0.349 e. The molecule has 3 nitrogen and oxygen atoms in total. The molecule has 0 N–H and O–H groups in total. The molecule has 2 rings (SSSR count). The van der Waals surface area contributed by atoms with E-state index in [0.29, 0.717) is 26.9 Å². The molecular formula is C17H15Br2ClO3. The number of benzene rings is 2. The molecule has 2 aromatic rings. The molecular weight excluding hydrogens is 447 g/mol. The van der Waals surface area contributed by atoms with Crippen molar-refractivity contribution < 1.29 is 14.3 Å². The van der Waals surface area contributed by atoms with Crippen molar-refractivity contribution in [2.75, 3.05) is 6.61 Å². The molecule has 0 spiro atoms. The second kappa shape index (κ2) is 8.18. The summed E-state index contributed by atoms with van der Waals surface area (Å²) in [6.07, 6.45) is 0. The highest BCUT2D eigenvalue weighted by atomic mass is 79.9. The second-order valence-corrected chi connectivity index (χ2v) is 7.33. The third kappa shape index (κ3) is 5.23. The van der Waals surface area contributed by atoms with Gasteiger partial charge in [0, 0.05) is 5.02 Å². The number of ether oxygens (including phenoxy) is 2. The molecule has 0 saturated heterocycles. The summed E-state index contributed by atoms with van der Waals surface area (Å²) in [6, 6.07) is 10.7. The predicted octanol–water partition coefficient (Wildman–Crippen LogP) is 5.97. The van der Waals surface area contributed by atoms with E-state index in [1.165, 1.54) is 0 Å². The van der Waals surface area contributed by atoms with E-state index < -0.39 is 5.97 Å². The number of carbonyl (C=O) groups excluding carboxylic acids is 1. The van der Waals surface area contributed by atoms with Gasteiger partial charge in [0.1, 0.15) is 11.5 Å². The van der Waals surface area contributed by atoms with Crippen LogP contribution in [0.15, 0.2) is 45.3 Å². The van der Waals surface area contributed by atoms with Crippen LogP contribution in [0.2, 0.25) is 5.02 Å². The minimum Gasteiger partial charge on any atom is -0.481 e. The van der Waals surface area contributed by atoms with Crippen molar-refractivity contribution >= 4 is 49.4 Å². The first kappa shape index (κ1) is 18.3. The highest BCUT2D eigenvalue weighted by molar-refractivity contribution is 9.10. The van der Waals surface area contributed by atoms with Gasteiger partial charge >= 0.3 is 5.97 Å². The molecule has 0 aliphatic heterocycles. The van der Waals surface area contributed by atoms with Crippen molar-refractivity contribution in [3.05, 3.63) is 55.9 Å². The van der Waals surface area contributed by atoms with Crippen molar-refractivity contribution in [3.63, 3.8) is 0 Å². The van der Waals surface area contributed by atoms with Gasteiger partial charge in [0.25, 0.3) is 0 Å². The summed E-state index contributed by atoms with van der Waals surface area (Å²) in [4.78, 5) is 11.9. The molecule has 0 aliphatic carbocycles. The average molecular weight is 463 g/mol. The van der Waals surface area contributed by atoms with Gasteiger partial charge in [-0.3, -0.25) is 0 Å². The van der Waals surface area contributed by atoms with Gasteiger partial charge in [-0.15, -0.1) is 0 Å². The molecule has 0 saturated carbocycles. The molecule has 0 aliphatic rings. The van der Waals surface area contributed by atoms with Crippen LogP contribution in [0.4, 0.5) is 0 Å². The summed E-state index contributed by atoms with van der Waals surface area (Å²) in [5.41, 5.74) is 1.16. The molecule has 0 radical (unpaired) electrons. The monoisotopic (exact) mass is 460 g/mol. The van der Waals surface area contributed by atoms with E-state index in [1.807, 2.05) is 12.1 Å². The van der Waals surface area contributed by atoms with Gasteiger partial charge in [-0.1, -0.05) is 31.5 Å². The number of rotatable bonds is 5. The van der Waals surface area contributed by atoms with E-state index in [2.05, 4.69) is 45.7 Å². The van der Waals surface area contributed by atoms with Crippen molar-refractivity contribution in [2.24, 2.45) is 0 Å². The third-order valence-electron chi connectivity index (χ3n) is 3.09. The van der Waals surface area contributed by atoms with Crippen LogP contribution < -0.4 is 9.47 Å². The van der Waals surface area contributed by atoms with E-state index >= 15 is 0 Å². The second-order valence-electron chi connectivity index (χ2n) is 5.18. The summed E-state index contributed by atoms with van der Waals surface area (Å²) in [7, 11) is 0. The maximum atomic E-state index is 11.9. The maximum Gasteiger partial charge on any atom is 0.349 e. The van der Waals surface area contributed by atoms with E-state index in [-0.39, 0.29) is 6.61 Å². The molecule has 0 fully saturated rings. The Hall–Kier alpha value is -1.04. The average Bonchev–Trinajstić information content (AvgIpc) is 2.48. The number of halogens is 3. The van der Waals surface area contributed by atoms with Crippen molar-refractivity contribution in [3.8, 4) is 11.5 Å². The minimum absolute atomic E-state index is 0.196. The summed E-state index contributed by atoms with van der Waals surface area (Å²) >= 11 is 12.6. The first-order valence-corrected chi connectivity index (χ1v) is 8.91. The Morgan fingerprint density at radius 2 is 1.74 bits per heavy atom. The fourth-order valence-electron chi connectivity index (χ4n) is 1.84. The fraction of sp³-hybridized carbons (Fsp3) is 0.235. The number of carbonyl (C=O) groups is 1. The maximum absolute atomic E-state index is 11.9. The predicted molar refractivity (Wildman–Crippen MR) is 98.5 cm³/mol. The zero-order valence-corrected chi connectivity index (χ0v) is 16.5. The minimum atomic E-state index is -0.482. The Balaban J connectivity index is 1.97. The summed E-state index contributed by atoms with van der Waals surface area (Å²) in [5, 5.41) is 0.584. The van der Waals surface area contributed by atoms with E-state index in [4.69, 9.17) is 21.1 Å². The van der Waals surface area contributed by atoms with Gasteiger partial charge in [0.2, 0.25) is 0 Å². The van der Waals surface area contributed by atoms with Crippen LogP contribution in [0.25, 0.3) is 0 Å². The highest BCUT2D eigenvalue weighted by Gasteiger charge is 2.12. The lowest BCUT2D eigenvalue weighted by molar-refractivity contribution is -0.136. The van der Waals surface area contributed by atoms with Crippen molar-refractivity contribution in [1.82, 2.24) is 0 Å². The van der Waals surface area contributed by atoms with Crippen LogP contribution in [0, 0.1) is 0 Å². The van der Waals surface area contributed by atoms with E-state index in [0.717, 1.165) is 10.0 Å². The zero-order chi connectivity index (χ0) is 17.0. The molecule has 122 valence electrons. The summed E-state index contributed by atoms with van der Waals surface area (Å²) < 4.78 is 12.2. The molecule has 0 atom stereocenters. The number of hydrogen-bond acceptors (Lipinski definition) is 3. The van der Waals surface area contributed by atoms with Gasteiger partial charge in [-0.2, -0.15) is 0 Å². The van der Waals surface area contributed by atoms with Gasteiger partial charge in [0.05, 0.1) is 8.95 Å². The SMILES string of the molecule is CC(C)c1ccc(OC(=O)COc2ccc(Cl)cc2Br)c(Br)c1. The molecule has 0 unspecified atom stereocenters. The highest BCUT2D eigenvalue weighted by Crippen LogP contribution is 2.30. The topological polar surface area (TPSA) is 35.5 Å². The Bertz CT molecular complexity index is 717. The zero-order valence-electron chi connectivity index (χ0n) is 12.6. The van der Waals surface area contributed by atoms with Gasteiger partial charge in [-0.25, -0.2) is 4.79 Å². The van der Waals surface area contributed by atoms with E-state index in [1.54, 1.807) is 24.3 Å². The molecule has 0 amide bonds. The quantitative estimate of drug-likeness (QED) is 0.406. The molecule has 6 heteroatoms. The van der Waals surface area contributed by atoms with Crippen molar-refractivity contribution in [1.29, 1.82) is 0 Å². The van der Waals surface area contributed by atoms with Crippen LogP contribution in [0.5, 0.6) is 11.5 Å². The van der Waals surface area contributed by atoms with Gasteiger partial charge < -0.3 is 9.47 Å². The molecule has 0 heterocycles.